The summed E-state index contributed by atoms with van der Waals surface area (Å²) in [6.45, 7) is 12.3. The van der Waals surface area contributed by atoms with Crippen molar-refractivity contribution in [1.29, 1.82) is 0 Å². The summed E-state index contributed by atoms with van der Waals surface area (Å²) in [5.41, 5.74) is 0. The van der Waals surface area contributed by atoms with Crippen LogP contribution in [-0.4, -0.2) is 53.7 Å². The first-order valence-electron chi connectivity index (χ1n) is 18.4. The number of hydrogen-bond acceptors (Lipinski definition) is 6. The van der Waals surface area contributed by atoms with E-state index in [1.54, 1.807) is 0 Å². The molecule has 0 fully saturated rings. The molecule has 54 heavy (non-hydrogen) atoms. The molecule has 0 aromatic heterocycles. The Bertz CT molecular complexity index is 1920. The second kappa shape index (κ2) is 16.9. The van der Waals surface area contributed by atoms with Gasteiger partial charge in [-0.05, 0) is 71.2 Å². The quantitative estimate of drug-likeness (QED) is 0.128. The molecule has 0 unspecified atom stereocenters. The van der Waals surface area contributed by atoms with Gasteiger partial charge in [-0.1, -0.05) is 182 Å². The number of rotatable bonds is 16. The van der Waals surface area contributed by atoms with Crippen LogP contribution in [0.15, 0.2) is 182 Å². The fourth-order valence-corrected chi connectivity index (χ4v) is 29.4. The first-order valence-corrected chi connectivity index (χ1v) is 29.5. The molecule has 0 radical (unpaired) electrons. The average molecular weight is 803 g/mol. The van der Waals surface area contributed by atoms with Gasteiger partial charge in [0.05, 0.1) is 0 Å². The van der Waals surface area contributed by atoms with Crippen molar-refractivity contribution in [3.8, 4) is 0 Å². The van der Waals surface area contributed by atoms with E-state index in [0.29, 0.717) is 0 Å². The van der Waals surface area contributed by atoms with E-state index in [0.717, 1.165) is 31.1 Å². The molecule has 11 heteroatoms. The van der Waals surface area contributed by atoms with Gasteiger partial charge in [0.25, 0.3) is 0 Å². The van der Waals surface area contributed by atoms with Crippen LogP contribution in [0.2, 0.25) is 26.2 Å². The highest BCUT2D eigenvalue weighted by atomic mass is 28.5. The minimum atomic E-state index is -3.77. The highest BCUT2D eigenvalue weighted by Gasteiger charge is 2.57. The van der Waals surface area contributed by atoms with Gasteiger partial charge in [-0.2, -0.15) is 0 Å². The van der Waals surface area contributed by atoms with Gasteiger partial charge in [-0.25, -0.2) is 0 Å². The van der Waals surface area contributed by atoms with Gasteiger partial charge in [-0.15, -0.1) is 0 Å². The van der Waals surface area contributed by atoms with Crippen molar-refractivity contribution >= 4 is 73.9 Å². The lowest BCUT2D eigenvalue weighted by molar-refractivity contribution is 0.186. The summed E-state index contributed by atoms with van der Waals surface area (Å²) in [5.74, 6) is 0. The highest BCUT2D eigenvalue weighted by Crippen LogP contribution is 2.28. The Labute approximate surface area is 326 Å². The van der Waals surface area contributed by atoms with Crippen molar-refractivity contribution in [3.63, 3.8) is 0 Å². The summed E-state index contributed by atoms with van der Waals surface area (Å²) in [4.78, 5) is 12.8. The lowest BCUT2D eigenvalue weighted by Gasteiger charge is -2.46. The van der Waals surface area contributed by atoms with E-state index in [4.69, 9.17) is 20.9 Å². The van der Waals surface area contributed by atoms with E-state index in [-0.39, 0.29) is 6.10 Å². The van der Waals surface area contributed by atoms with Crippen LogP contribution in [-0.2, 0) is 20.9 Å². The molecule has 0 atom stereocenters. The van der Waals surface area contributed by atoms with E-state index in [1.165, 1.54) is 0 Å². The molecular weight excluding hydrogens is 753 g/mol. The summed E-state index contributed by atoms with van der Waals surface area (Å²) in [5, 5.41) is 5.34. The molecule has 0 spiro atoms. The molecule has 6 rings (SSSR count). The molecule has 0 aliphatic rings. The van der Waals surface area contributed by atoms with Crippen LogP contribution in [0.3, 0.4) is 0 Å². The minimum absolute atomic E-state index is 0.123. The van der Waals surface area contributed by atoms with Crippen molar-refractivity contribution in [2.24, 2.45) is 0 Å². The summed E-state index contributed by atoms with van der Waals surface area (Å²) in [6, 6.07) is 60.4. The third-order valence-electron chi connectivity index (χ3n) is 8.91. The highest BCUT2D eigenvalue weighted by molar-refractivity contribution is 7.05. The lowest BCUT2D eigenvalue weighted by atomic mass is 10.4. The summed E-state index contributed by atoms with van der Waals surface area (Å²) in [6.07, 6.45) is -0.123. The Kier molecular flexibility index (Phi) is 12.5. The maximum absolute atomic E-state index is 12.8. The van der Waals surface area contributed by atoms with Crippen molar-refractivity contribution < 1.29 is 25.7 Å². The molecule has 6 nitrogen and oxygen atoms in total. The third-order valence-corrected chi connectivity index (χ3v) is 28.8. The molecule has 0 heterocycles. The van der Waals surface area contributed by atoms with Crippen LogP contribution in [0.1, 0.15) is 13.8 Å². The zero-order chi connectivity index (χ0) is 38.3. The summed E-state index contributed by atoms with van der Waals surface area (Å²) >= 11 is 0. The van der Waals surface area contributed by atoms with Crippen LogP contribution >= 0.6 is 0 Å². The predicted octanol–water partition coefficient (Wildman–Crippen LogP) is 5.64. The monoisotopic (exact) mass is 802 g/mol. The second-order valence-corrected chi connectivity index (χ2v) is 30.8. The minimum Gasteiger partial charge on any atom is -0.409 e. The molecule has 0 aliphatic carbocycles. The SMILES string of the molecule is CC(C)O[Si](O[Si](C)(C)O[Si](O[Si](C)(C)O[Si](O)(c1ccccc1)c1ccccc1)(c1ccccc1)c1ccccc1)(c1ccccc1)c1ccccc1. The Hall–Kier alpha value is -3.84. The van der Waals surface area contributed by atoms with E-state index in [9.17, 15) is 4.80 Å². The molecule has 0 amide bonds. The molecule has 0 bridgehead atoms. The second-order valence-electron chi connectivity index (χ2n) is 14.4. The summed E-state index contributed by atoms with van der Waals surface area (Å²) < 4.78 is 37.1. The zero-order valence-corrected chi connectivity index (χ0v) is 36.9. The molecule has 0 saturated heterocycles. The van der Waals surface area contributed by atoms with Crippen LogP contribution < -0.4 is 31.1 Å². The Balaban J connectivity index is 1.51. The van der Waals surface area contributed by atoms with Crippen molar-refractivity contribution in [1.82, 2.24) is 0 Å². The maximum atomic E-state index is 12.8. The number of hydrogen-bond donors (Lipinski definition) is 1. The third kappa shape index (κ3) is 8.99. The zero-order valence-electron chi connectivity index (χ0n) is 31.9. The first kappa shape index (κ1) is 39.8. The molecule has 6 aromatic carbocycles. The van der Waals surface area contributed by atoms with Gasteiger partial charge in [-0.3, -0.25) is 0 Å². The largest absolute Gasteiger partial charge is 0.409 e. The molecular formula is C43H50O6Si5. The van der Waals surface area contributed by atoms with Crippen LogP contribution in [0, 0.1) is 0 Å². The molecule has 6 aromatic rings. The van der Waals surface area contributed by atoms with Crippen LogP contribution in [0.5, 0.6) is 0 Å². The van der Waals surface area contributed by atoms with Gasteiger partial charge in [0, 0.05) is 6.10 Å². The topological polar surface area (TPSA) is 66.4 Å². The van der Waals surface area contributed by atoms with E-state index < -0.39 is 42.8 Å². The first-order chi connectivity index (χ1) is 25.9. The molecule has 0 saturated carbocycles. The van der Waals surface area contributed by atoms with Gasteiger partial charge in [0.2, 0.25) is 0 Å². The van der Waals surface area contributed by atoms with E-state index in [1.807, 2.05) is 147 Å². The van der Waals surface area contributed by atoms with Gasteiger partial charge in [0.1, 0.15) is 0 Å². The van der Waals surface area contributed by atoms with E-state index in [2.05, 4.69) is 75.5 Å². The standard InChI is InChI=1S/C43H50O6Si5/c1-37(2)45-53(40-29-17-9-18-30-40,41-31-19-10-20-32-41)47-51(5,6)49-54(42-33-21-11-22-34-42,43-35-23-12-24-36-43)48-50(3,4)46-52(44,38-25-13-7-14-26-38)39-27-15-8-16-28-39/h7-37,44H,1-6H3. The van der Waals surface area contributed by atoms with Gasteiger partial charge in [0.15, 0.2) is 0 Å². The Morgan fingerprint density at radius 1 is 0.352 bits per heavy atom. The fourth-order valence-electron chi connectivity index (χ4n) is 6.88. The normalized spacial score (nSPS) is 12.9. The van der Waals surface area contributed by atoms with Crippen molar-refractivity contribution in [2.75, 3.05) is 0 Å². The average Bonchev–Trinajstić information content (AvgIpc) is 3.18. The van der Waals surface area contributed by atoms with E-state index >= 15 is 0 Å². The summed E-state index contributed by atoms with van der Waals surface area (Å²) in [7, 11) is -17.5. The van der Waals surface area contributed by atoms with Gasteiger partial charge >= 0.3 is 42.8 Å². The molecule has 0 aliphatic heterocycles. The molecule has 278 valence electrons. The lowest BCUT2D eigenvalue weighted by Crippen LogP contribution is -2.75. The predicted molar refractivity (Wildman–Crippen MR) is 231 cm³/mol. The molecule has 1 N–H and O–H groups in total. The number of benzene rings is 6. The Morgan fingerprint density at radius 2 is 0.593 bits per heavy atom. The van der Waals surface area contributed by atoms with Crippen molar-refractivity contribution in [3.05, 3.63) is 182 Å². The maximum Gasteiger partial charge on any atom is 0.398 e. The van der Waals surface area contributed by atoms with Crippen LogP contribution in [0.4, 0.5) is 0 Å². The van der Waals surface area contributed by atoms with Crippen molar-refractivity contribution in [2.45, 2.75) is 46.1 Å². The Morgan fingerprint density at radius 3 is 0.889 bits per heavy atom. The van der Waals surface area contributed by atoms with Crippen LogP contribution in [0.25, 0.3) is 0 Å². The van der Waals surface area contributed by atoms with Gasteiger partial charge < -0.3 is 25.7 Å². The fraction of sp³-hybridized carbons (Fsp3) is 0.163. The smallest absolute Gasteiger partial charge is 0.398 e.